The van der Waals surface area contributed by atoms with Gasteiger partial charge in [-0.05, 0) is 67.4 Å². The van der Waals surface area contributed by atoms with E-state index < -0.39 is 0 Å². The molecule has 0 fully saturated rings. The van der Waals surface area contributed by atoms with Crippen LogP contribution in [0.4, 0.5) is 10.1 Å². The molecule has 0 aliphatic rings. The molecular formula is C26H21ClFNO3. The highest BCUT2D eigenvalue weighted by Gasteiger charge is 2.19. The monoisotopic (exact) mass is 449 g/mol. The van der Waals surface area contributed by atoms with Crippen LogP contribution in [0, 0.1) is 12.7 Å². The molecule has 1 aromatic heterocycles. The summed E-state index contributed by atoms with van der Waals surface area (Å²) in [4.78, 5) is 12.6. The molecule has 1 amide bonds. The van der Waals surface area contributed by atoms with E-state index in [1.165, 1.54) is 18.2 Å². The normalized spacial score (nSPS) is 11.6. The number of allylic oxidation sites excluding steroid dienone is 1. The van der Waals surface area contributed by atoms with E-state index in [4.69, 9.17) is 20.8 Å². The third-order valence-corrected chi connectivity index (χ3v) is 5.54. The third-order valence-electron chi connectivity index (χ3n) is 5.29. The molecule has 3 aromatic carbocycles. The highest BCUT2D eigenvalue weighted by Crippen LogP contribution is 2.40. The number of furan rings is 1. The average Bonchev–Trinajstić information content (AvgIpc) is 3.20. The van der Waals surface area contributed by atoms with Gasteiger partial charge in [-0.15, -0.1) is 0 Å². The molecule has 0 aliphatic heterocycles. The summed E-state index contributed by atoms with van der Waals surface area (Å²) in [6, 6.07) is 15.1. The molecule has 4 nitrogen and oxygen atoms in total. The van der Waals surface area contributed by atoms with Crippen LogP contribution in [-0.2, 0) is 4.79 Å². The zero-order chi connectivity index (χ0) is 22.8. The topological polar surface area (TPSA) is 51.5 Å². The van der Waals surface area contributed by atoms with Crippen LogP contribution in [0.3, 0.4) is 0 Å². The molecule has 1 N–H and O–H groups in total. The Morgan fingerprint density at radius 1 is 1.12 bits per heavy atom. The van der Waals surface area contributed by atoms with Gasteiger partial charge in [0.05, 0.1) is 13.4 Å². The van der Waals surface area contributed by atoms with Crippen molar-refractivity contribution in [1.29, 1.82) is 0 Å². The van der Waals surface area contributed by atoms with Crippen molar-refractivity contribution in [2.24, 2.45) is 0 Å². The summed E-state index contributed by atoms with van der Waals surface area (Å²) < 4.78 is 24.9. The van der Waals surface area contributed by atoms with E-state index in [-0.39, 0.29) is 11.7 Å². The minimum Gasteiger partial charge on any atom is -0.496 e. The first-order valence-electron chi connectivity index (χ1n) is 9.97. The van der Waals surface area contributed by atoms with Crippen LogP contribution < -0.4 is 10.1 Å². The largest absolute Gasteiger partial charge is 0.496 e. The van der Waals surface area contributed by atoms with E-state index in [2.05, 4.69) is 5.32 Å². The molecule has 32 heavy (non-hydrogen) atoms. The van der Waals surface area contributed by atoms with E-state index in [0.717, 1.165) is 33.2 Å². The highest BCUT2D eigenvalue weighted by atomic mass is 35.5. The number of aryl methyl sites for hydroxylation is 1. The van der Waals surface area contributed by atoms with Gasteiger partial charge in [0.1, 0.15) is 17.1 Å². The first-order chi connectivity index (χ1) is 15.4. The fourth-order valence-corrected chi connectivity index (χ4v) is 3.84. The van der Waals surface area contributed by atoms with Crippen molar-refractivity contribution < 1.29 is 18.3 Å². The predicted octanol–water partition coefficient (Wildman–Crippen LogP) is 7.25. The van der Waals surface area contributed by atoms with Crippen LogP contribution >= 0.6 is 11.6 Å². The lowest BCUT2D eigenvalue weighted by Crippen LogP contribution is -2.08. The first kappa shape index (κ1) is 21.7. The Labute approximate surface area is 190 Å². The summed E-state index contributed by atoms with van der Waals surface area (Å²) in [6.45, 7) is 3.76. The second-order valence-electron chi connectivity index (χ2n) is 7.44. The average molecular weight is 450 g/mol. The maximum atomic E-state index is 13.4. The van der Waals surface area contributed by atoms with Gasteiger partial charge in [-0.3, -0.25) is 4.79 Å². The van der Waals surface area contributed by atoms with E-state index >= 15 is 0 Å². The molecule has 0 saturated carbocycles. The van der Waals surface area contributed by atoms with Gasteiger partial charge in [0, 0.05) is 38.9 Å². The van der Waals surface area contributed by atoms with Crippen molar-refractivity contribution in [3.05, 3.63) is 88.9 Å². The van der Waals surface area contributed by atoms with E-state index in [0.29, 0.717) is 22.0 Å². The second-order valence-corrected chi connectivity index (χ2v) is 7.88. The minimum absolute atomic E-state index is 0.268. The summed E-state index contributed by atoms with van der Waals surface area (Å²) in [6.07, 6.45) is 3.18. The maximum Gasteiger partial charge on any atom is 0.248 e. The molecule has 6 heteroatoms. The fourth-order valence-electron chi connectivity index (χ4n) is 3.71. The van der Waals surface area contributed by atoms with Crippen molar-refractivity contribution in [2.45, 2.75) is 13.8 Å². The highest BCUT2D eigenvalue weighted by molar-refractivity contribution is 6.30. The Hall–Kier alpha value is -3.57. The molecule has 0 atom stereocenters. The van der Waals surface area contributed by atoms with Gasteiger partial charge in [0.25, 0.3) is 0 Å². The van der Waals surface area contributed by atoms with E-state index in [9.17, 15) is 9.18 Å². The van der Waals surface area contributed by atoms with Crippen LogP contribution in [0.5, 0.6) is 5.75 Å². The number of benzene rings is 3. The number of amides is 1. The number of rotatable bonds is 5. The molecular weight excluding hydrogens is 429 g/mol. The maximum absolute atomic E-state index is 13.4. The van der Waals surface area contributed by atoms with Crippen molar-refractivity contribution >= 4 is 39.7 Å². The number of fused-ring (bicyclic) bond motifs is 1. The van der Waals surface area contributed by atoms with E-state index in [1.54, 1.807) is 49.8 Å². The molecule has 162 valence electrons. The fraction of sp³-hybridized carbons (Fsp3) is 0.115. The molecule has 0 unspecified atom stereocenters. The Kier molecular flexibility index (Phi) is 6.01. The molecule has 4 rings (SSSR count). The SMILES string of the molecule is COc1c(/C(C)=C/C(=O)Nc2ccc(Cl)cc2)cc2c(-c3ccc(F)cc3)coc2c1C. The molecule has 4 aromatic rings. The van der Waals surface area contributed by atoms with Gasteiger partial charge in [-0.1, -0.05) is 23.7 Å². The lowest BCUT2D eigenvalue weighted by atomic mass is 9.96. The van der Waals surface area contributed by atoms with Crippen LogP contribution in [-0.4, -0.2) is 13.0 Å². The minimum atomic E-state index is -0.300. The van der Waals surface area contributed by atoms with Gasteiger partial charge >= 0.3 is 0 Å². The molecule has 1 heterocycles. The molecule has 0 saturated heterocycles. The van der Waals surface area contributed by atoms with Crippen LogP contribution in [0.2, 0.25) is 5.02 Å². The Balaban J connectivity index is 1.75. The number of methoxy groups -OCH3 is 1. The second kappa shape index (κ2) is 8.89. The van der Waals surface area contributed by atoms with Gasteiger partial charge in [0.2, 0.25) is 5.91 Å². The third kappa shape index (κ3) is 4.25. The first-order valence-corrected chi connectivity index (χ1v) is 10.3. The quantitative estimate of drug-likeness (QED) is 0.326. The van der Waals surface area contributed by atoms with Crippen LogP contribution in [0.1, 0.15) is 18.1 Å². The summed E-state index contributed by atoms with van der Waals surface area (Å²) in [7, 11) is 1.59. The number of hydrogen-bond acceptors (Lipinski definition) is 3. The summed E-state index contributed by atoms with van der Waals surface area (Å²) in [5.74, 6) is 0.0618. The van der Waals surface area contributed by atoms with Crippen LogP contribution in [0.25, 0.3) is 27.7 Å². The number of anilines is 1. The van der Waals surface area contributed by atoms with Crippen molar-refractivity contribution in [2.75, 3.05) is 12.4 Å². The van der Waals surface area contributed by atoms with E-state index in [1.807, 2.05) is 19.9 Å². The molecule has 0 radical (unpaired) electrons. The van der Waals surface area contributed by atoms with Crippen molar-refractivity contribution in [3.63, 3.8) is 0 Å². The van der Waals surface area contributed by atoms with Gasteiger partial charge in [-0.25, -0.2) is 4.39 Å². The smallest absolute Gasteiger partial charge is 0.248 e. The van der Waals surface area contributed by atoms with Crippen LogP contribution in [0.15, 0.2) is 71.4 Å². The van der Waals surface area contributed by atoms with Crippen molar-refractivity contribution in [1.82, 2.24) is 0 Å². The lowest BCUT2D eigenvalue weighted by molar-refractivity contribution is -0.111. The van der Waals surface area contributed by atoms with Gasteiger partial charge in [0.15, 0.2) is 0 Å². The van der Waals surface area contributed by atoms with Gasteiger partial charge in [-0.2, -0.15) is 0 Å². The standard InChI is InChI=1S/C26H21ClFNO3/c1-15(12-24(30)29-20-10-6-18(27)7-11-20)21-13-22-23(17-4-8-19(28)9-5-17)14-32-26(22)16(2)25(21)31-3/h4-14H,1-3H3,(H,29,30)/b15-12+. The zero-order valence-corrected chi connectivity index (χ0v) is 18.6. The lowest BCUT2D eigenvalue weighted by Gasteiger charge is -2.13. The Bertz CT molecular complexity index is 1320. The number of ether oxygens (including phenoxy) is 1. The Morgan fingerprint density at radius 3 is 2.47 bits per heavy atom. The predicted molar refractivity (Wildman–Crippen MR) is 127 cm³/mol. The number of carbonyl (C=O) groups excluding carboxylic acids is 1. The Morgan fingerprint density at radius 2 is 1.81 bits per heavy atom. The van der Waals surface area contributed by atoms with Crippen molar-refractivity contribution in [3.8, 4) is 16.9 Å². The number of nitrogens with one attached hydrogen (secondary N) is 1. The summed E-state index contributed by atoms with van der Waals surface area (Å²) in [5, 5.41) is 4.28. The number of halogens is 2. The molecule has 0 aliphatic carbocycles. The summed E-state index contributed by atoms with van der Waals surface area (Å²) in [5.41, 5.74) is 5.32. The zero-order valence-electron chi connectivity index (χ0n) is 17.8. The molecule has 0 spiro atoms. The number of carbonyl (C=O) groups is 1. The number of hydrogen-bond donors (Lipinski definition) is 1. The molecule has 0 bridgehead atoms. The van der Waals surface area contributed by atoms with Gasteiger partial charge < -0.3 is 14.5 Å². The summed E-state index contributed by atoms with van der Waals surface area (Å²) >= 11 is 5.90.